The zero-order chi connectivity index (χ0) is 13.0. The number of aromatic nitrogens is 1. The van der Waals surface area contributed by atoms with Gasteiger partial charge in [-0.2, -0.15) is 0 Å². The van der Waals surface area contributed by atoms with Gasteiger partial charge in [-0.1, -0.05) is 23.7 Å². The van der Waals surface area contributed by atoms with Gasteiger partial charge in [0.25, 0.3) is 0 Å². The average molecular weight is 262 g/mol. The van der Waals surface area contributed by atoms with E-state index in [0.29, 0.717) is 6.54 Å². The molecule has 94 valence electrons. The quantitative estimate of drug-likeness (QED) is 0.920. The summed E-state index contributed by atoms with van der Waals surface area (Å²) in [7, 11) is 2.01. The Morgan fingerprint density at radius 3 is 2.78 bits per heavy atom. The molecule has 1 aromatic heterocycles. The summed E-state index contributed by atoms with van der Waals surface area (Å²) in [5, 5.41) is 0.718. The molecule has 3 nitrogen and oxygen atoms in total. The second kappa shape index (κ2) is 5.85. The van der Waals surface area contributed by atoms with Crippen molar-refractivity contribution in [1.82, 2.24) is 4.98 Å². The first kappa shape index (κ1) is 12.9. The van der Waals surface area contributed by atoms with Crippen LogP contribution in [-0.2, 0) is 13.1 Å². The number of hydrogen-bond acceptors (Lipinski definition) is 3. The first-order valence-corrected chi connectivity index (χ1v) is 6.18. The van der Waals surface area contributed by atoms with Crippen molar-refractivity contribution in [1.29, 1.82) is 0 Å². The van der Waals surface area contributed by atoms with E-state index in [1.54, 1.807) is 6.20 Å². The maximum Gasteiger partial charge on any atom is 0.0598 e. The van der Waals surface area contributed by atoms with Crippen LogP contribution in [0, 0.1) is 0 Å². The number of nitrogens with two attached hydrogens (primary N) is 1. The molecule has 0 amide bonds. The fraction of sp³-hybridized carbons (Fsp3) is 0.214. The molecule has 2 aromatic rings. The molecule has 0 aliphatic carbocycles. The van der Waals surface area contributed by atoms with Gasteiger partial charge in [-0.15, -0.1) is 0 Å². The smallest absolute Gasteiger partial charge is 0.0598 e. The van der Waals surface area contributed by atoms with Gasteiger partial charge in [-0.05, 0) is 29.8 Å². The summed E-state index contributed by atoms with van der Waals surface area (Å²) in [5.74, 6) is 0. The third kappa shape index (κ3) is 3.00. The summed E-state index contributed by atoms with van der Waals surface area (Å²) in [6, 6.07) is 11.7. The minimum atomic E-state index is 0.499. The number of benzene rings is 1. The van der Waals surface area contributed by atoms with Crippen molar-refractivity contribution in [3.63, 3.8) is 0 Å². The molecule has 18 heavy (non-hydrogen) atoms. The summed E-state index contributed by atoms with van der Waals surface area (Å²) in [4.78, 5) is 6.42. The van der Waals surface area contributed by atoms with E-state index >= 15 is 0 Å². The van der Waals surface area contributed by atoms with Gasteiger partial charge < -0.3 is 10.6 Å². The Morgan fingerprint density at radius 1 is 1.28 bits per heavy atom. The fourth-order valence-corrected chi connectivity index (χ4v) is 2.05. The summed E-state index contributed by atoms with van der Waals surface area (Å²) in [6.07, 6.45) is 1.80. The molecule has 2 rings (SSSR count). The largest absolute Gasteiger partial charge is 0.368 e. The minimum absolute atomic E-state index is 0.499. The number of pyridine rings is 1. The highest BCUT2D eigenvalue weighted by Crippen LogP contribution is 2.24. The molecule has 0 aliphatic rings. The topological polar surface area (TPSA) is 42.2 Å². The van der Waals surface area contributed by atoms with E-state index in [1.165, 1.54) is 0 Å². The van der Waals surface area contributed by atoms with Crippen LogP contribution in [0.4, 0.5) is 5.69 Å². The summed E-state index contributed by atoms with van der Waals surface area (Å²) in [5.41, 5.74) is 8.90. The lowest BCUT2D eigenvalue weighted by molar-refractivity contribution is 0.872. The molecule has 0 unspecified atom stereocenters. The van der Waals surface area contributed by atoms with Gasteiger partial charge in [-0.25, -0.2) is 0 Å². The molecule has 2 N–H and O–H groups in total. The SMILES string of the molecule is CN(Cc1ccccn1)c1cc(Cl)ccc1CN. The lowest BCUT2D eigenvalue weighted by Gasteiger charge is -2.22. The average Bonchev–Trinajstić information content (AvgIpc) is 2.40. The summed E-state index contributed by atoms with van der Waals surface area (Å²) in [6.45, 7) is 1.23. The Hall–Kier alpha value is -1.58. The fourth-order valence-electron chi connectivity index (χ4n) is 1.88. The van der Waals surface area contributed by atoms with Crippen molar-refractivity contribution in [3.8, 4) is 0 Å². The van der Waals surface area contributed by atoms with Crippen LogP contribution in [0.1, 0.15) is 11.3 Å². The second-order valence-electron chi connectivity index (χ2n) is 4.15. The lowest BCUT2D eigenvalue weighted by atomic mass is 10.1. The molecule has 0 spiro atoms. The first-order chi connectivity index (χ1) is 8.70. The van der Waals surface area contributed by atoms with E-state index < -0.39 is 0 Å². The molecule has 0 bridgehead atoms. The first-order valence-electron chi connectivity index (χ1n) is 5.80. The predicted octanol–water partition coefficient (Wildman–Crippen LogP) is 2.83. The maximum atomic E-state index is 6.04. The Balaban J connectivity index is 2.23. The lowest BCUT2D eigenvalue weighted by Crippen LogP contribution is -2.19. The second-order valence-corrected chi connectivity index (χ2v) is 4.59. The highest BCUT2D eigenvalue weighted by Gasteiger charge is 2.08. The minimum Gasteiger partial charge on any atom is -0.368 e. The normalized spacial score (nSPS) is 10.4. The van der Waals surface area contributed by atoms with Crippen molar-refractivity contribution in [2.75, 3.05) is 11.9 Å². The van der Waals surface area contributed by atoms with E-state index in [0.717, 1.165) is 28.5 Å². The van der Waals surface area contributed by atoms with Crippen LogP contribution in [0.5, 0.6) is 0 Å². The molecule has 0 radical (unpaired) electrons. The van der Waals surface area contributed by atoms with Crippen LogP contribution in [0.15, 0.2) is 42.6 Å². The Bertz CT molecular complexity index is 514. The zero-order valence-electron chi connectivity index (χ0n) is 10.3. The number of nitrogens with zero attached hydrogens (tertiary/aromatic N) is 2. The van der Waals surface area contributed by atoms with Crippen LogP contribution in [0.3, 0.4) is 0 Å². The van der Waals surface area contributed by atoms with Crippen LogP contribution in [0.2, 0.25) is 5.02 Å². The maximum absolute atomic E-state index is 6.04. The molecule has 1 heterocycles. The summed E-state index contributed by atoms with van der Waals surface area (Å²) < 4.78 is 0. The Morgan fingerprint density at radius 2 is 2.11 bits per heavy atom. The number of anilines is 1. The molecule has 0 saturated carbocycles. The van der Waals surface area contributed by atoms with Gasteiger partial charge in [-0.3, -0.25) is 4.98 Å². The standard InChI is InChI=1S/C14H16ClN3/c1-18(10-13-4-2-3-7-17-13)14-8-12(15)6-5-11(14)9-16/h2-8H,9-10,16H2,1H3. The Labute approximate surface area is 112 Å². The highest BCUT2D eigenvalue weighted by molar-refractivity contribution is 6.30. The van der Waals surface area contributed by atoms with E-state index in [-0.39, 0.29) is 0 Å². The van der Waals surface area contributed by atoms with Gasteiger partial charge in [0.2, 0.25) is 0 Å². The third-order valence-electron chi connectivity index (χ3n) is 2.80. The van der Waals surface area contributed by atoms with E-state index in [1.807, 2.05) is 43.4 Å². The van der Waals surface area contributed by atoms with Crippen LogP contribution in [-0.4, -0.2) is 12.0 Å². The predicted molar refractivity (Wildman–Crippen MR) is 75.7 cm³/mol. The van der Waals surface area contributed by atoms with Crippen molar-refractivity contribution in [3.05, 3.63) is 58.9 Å². The van der Waals surface area contributed by atoms with Gasteiger partial charge in [0.1, 0.15) is 0 Å². The van der Waals surface area contributed by atoms with E-state index in [4.69, 9.17) is 17.3 Å². The molecule has 0 fully saturated rings. The van der Waals surface area contributed by atoms with E-state index in [9.17, 15) is 0 Å². The molecule has 0 atom stereocenters. The monoisotopic (exact) mass is 261 g/mol. The van der Waals surface area contributed by atoms with Gasteiger partial charge >= 0.3 is 0 Å². The van der Waals surface area contributed by atoms with Crippen molar-refractivity contribution in [2.24, 2.45) is 5.73 Å². The van der Waals surface area contributed by atoms with Crippen molar-refractivity contribution in [2.45, 2.75) is 13.1 Å². The zero-order valence-corrected chi connectivity index (χ0v) is 11.1. The summed E-state index contributed by atoms with van der Waals surface area (Å²) >= 11 is 6.04. The van der Waals surface area contributed by atoms with E-state index in [2.05, 4.69) is 9.88 Å². The third-order valence-corrected chi connectivity index (χ3v) is 3.04. The number of halogens is 1. The molecular weight excluding hydrogens is 246 g/mol. The van der Waals surface area contributed by atoms with Crippen LogP contribution >= 0.6 is 11.6 Å². The number of rotatable bonds is 4. The molecule has 4 heteroatoms. The molecule has 1 aromatic carbocycles. The molecular formula is C14H16ClN3. The Kier molecular flexibility index (Phi) is 4.18. The van der Waals surface area contributed by atoms with Crippen LogP contribution < -0.4 is 10.6 Å². The van der Waals surface area contributed by atoms with Crippen molar-refractivity contribution >= 4 is 17.3 Å². The van der Waals surface area contributed by atoms with Gasteiger partial charge in [0.15, 0.2) is 0 Å². The van der Waals surface area contributed by atoms with Gasteiger partial charge in [0.05, 0.1) is 12.2 Å². The highest BCUT2D eigenvalue weighted by atomic mass is 35.5. The van der Waals surface area contributed by atoms with Crippen LogP contribution in [0.25, 0.3) is 0 Å². The molecule has 0 aliphatic heterocycles. The van der Waals surface area contributed by atoms with Crippen molar-refractivity contribution < 1.29 is 0 Å². The number of hydrogen-bond donors (Lipinski definition) is 1. The molecule has 0 saturated heterocycles. The van der Waals surface area contributed by atoms with Gasteiger partial charge in [0, 0.05) is 30.5 Å².